The standard InChI is InChI=1S/C15H21N5O3S/c1-4-16-14(22)10(3)17-12(21)9-24-15-19-18-13(20(15)5-2)11-7-6-8-23-11/h6-8,10H,4-5,9H2,1-3H3,(H,16,22)(H,17,21)/t10-/m0/s1. The topological polar surface area (TPSA) is 102 Å². The number of nitrogens with one attached hydrogen (secondary N) is 2. The molecule has 1 atom stereocenters. The molecule has 2 aromatic heterocycles. The van der Waals surface area contributed by atoms with Gasteiger partial charge in [-0.15, -0.1) is 10.2 Å². The number of nitrogens with zero attached hydrogens (tertiary/aromatic N) is 3. The van der Waals surface area contributed by atoms with Gasteiger partial charge in [-0.05, 0) is 32.9 Å². The molecule has 0 saturated heterocycles. The third-order valence-corrected chi connectivity index (χ3v) is 4.20. The van der Waals surface area contributed by atoms with Crippen molar-refractivity contribution in [3.05, 3.63) is 18.4 Å². The average molecular weight is 351 g/mol. The zero-order valence-corrected chi connectivity index (χ0v) is 14.7. The SMILES string of the molecule is CCNC(=O)[C@H](C)NC(=O)CSc1nnc(-c2ccco2)n1CC. The second kappa shape index (κ2) is 8.53. The third kappa shape index (κ3) is 4.38. The van der Waals surface area contributed by atoms with Crippen LogP contribution in [0.4, 0.5) is 0 Å². The molecule has 8 nitrogen and oxygen atoms in total. The second-order valence-electron chi connectivity index (χ2n) is 5.00. The zero-order chi connectivity index (χ0) is 17.5. The van der Waals surface area contributed by atoms with E-state index in [0.29, 0.717) is 29.8 Å². The second-order valence-corrected chi connectivity index (χ2v) is 5.94. The summed E-state index contributed by atoms with van der Waals surface area (Å²) in [5, 5.41) is 14.2. The highest BCUT2D eigenvalue weighted by Gasteiger charge is 2.18. The lowest BCUT2D eigenvalue weighted by Crippen LogP contribution is -2.45. The quantitative estimate of drug-likeness (QED) is 0.695. The Kier molecular flexibility index (Phi) is 6.42. The molecule has 0 aliphatic carbocycles. The van der Waals surface area contributed by atoms with E-state index in [1.54, 1.807) is 19.3 Å². The van der Waals surface area contributed by atoms with E-state index in [1.165, 1.54) is 11.8 Å². The van der Waals surface area contributed by atoms with Crippen LogP contribution in [0.15, 0.2) is 28.0 Å². The molecule has 2 aromatic rings. The first kappa shape index (κ1) is 18.1. The Morgan fingerprint density at radius 2 is 2.17 bits per heavy atom. The Hall–Kier alpha value is -2.29. The van der Waals surface area contributed by atoms with Crippen molar-refractivity contribution in [2.24, 2.45) is 0 Å². The van der Waals surface area contributed by atoms with Crippen molar-refractivity contribution in [1.29, 1.82) is 0 Å². The van der Waals surface area contributed by atoms with Crippen LogP contribution in [-0.2, 0) is 16.1 Å². The van der Waals surface area contributed by atoms with Gasteiger partial charge in [-0.25, -0.2) is 0 Å². The molecule has 2 N–H and O–H groups in total. The van der Waals surface area contributed by atoms with E-state index in [4.69, 9.17) is 4.42 Å². The molecule has 0 aromatic carbocycles. The summed E-state index contributed by atoms with van der Waals surface area (Å²) in [5.41, 5.74) is 0. The highest BCUT2D eigenvalue weighted by molar-refractivity contribution is 7.99. The fourth-order valence-electron chi connectivity index (χ4n) is 2.07. The number of carbonyl (C=O) groups is 2. The molecule has 0 fully saturated rings. The minimum Gasteiger partial charge on any atom is -0.461 e. The van der Waals surface area contributed by atoms with E-state index in [0.717, 1.165) is 0 Å². The van der Waals surface area contributed by atoms with E-state index in [-0.39, 0.29) is 17.6 Å². The maximum Gasteiger partial charge on any atom is 0.242 e. The van der Waals surface area contributed by atoms with Crippen molar-refractivity contribution in [3.8, 4) is 11.6 Å². The molecule has 0 aliphatic heterocycles. The molecule has 0 spiro atoms. The summed E-state index contributed by atoms with van der Waals surface area (Å²) >= 11 is 1.27. The van der Waals surface area contributed by atoms with Crippen LogP contribution in [0.2, 0.25) is 0 Å². The molecule has 2 heterocycles. The van der Waals surface area contributed by atoms with Gasteiger partial charge >= 0.3 is 0 Å². The molecule has 24 heavy (non-hydrogen) atoms. The molecule has 0 radical (unpaired) electrons. The number of hydrogen-bond acceptors (Lipinski definition) is 6. The Balaban J connectivity index is 1.95. The van der Waals surface area contributed by atoms with Crippen molar-refractivity contribution in [1.82, 2.24) is 25.4 Å². The van der Waals surface area contributed by atoms with Crippen LogP contribution in [-0.4, -0.2) is 44.9 Å². The lowest BCUT2D eigenvalue weighted by atomic mass is 10.3. The van der Waals surface area contributed by atoms with E-state index >= 15 is 0 Å². The Bertz CT molecular complexity index is 683. The van der Waals surface area contributed by atoms with Crippen molar-refractivity contribution in [3.63, 3.8) is 0 Å². The summed E-state index contributed by atoms with van der Waals surface area (Å²) in [7, 11) is 0. The number of furan rings is 1. The first-order valence-corrected chi connectivity index (χ1v) is 8.72. The van der Waals surface area contributed by atoms with E-state index in [1.807, 2.05) is 24.5 Å². The number of likely N-dealkylation sites (N-methyl/N-ethyl adjacent to an activating group) is 1. The molecule has 0 bridgehead atoms. The van der Waals surface area contributed by atoms with Gasteiger partial charge in [0.2, 0.25) is 11.8 Å². The Morgan fingerprint density at radius 3 is 2.79 bits per heavy atom. The first-order valence-electron chi connectivity index (χ1n) is 7.73. The number of thioether (sulfide) groups is 1. The first-order chi connectivity index (χ1) is 11.6. The molecular formula is C15H21N5O3S. The number of carbonyl (C=O) groups excluding carboxylic acids is 2. The molecular weight excluding hydrogens is 330 g/mol. The van der Waals surface area contributed by atoms with Gasteiger partial charge in [0.1, 0.15) is 6.04 Å². The summed E-state index contributed by atoms with van der Waals surface area (Å²) in [6, 6.07) is 3.03. The van der Waals surface area contributed by atoms with Gasteiger partial charge in [-0.2, -0.15) is 0 Å². The lowest BCUT2D eigenvalue weighted by molar-refractivity contribution is -0.127. The van der Waals surface area contributed by atoms with Gasteiger partial charge in [0, 0.05) is 13.1 Å². The average Bonchev–Trinajstić information content (AvgIpc) is 3.21. The van der Waals surface area contributed by atoms with Gasteiger partial charge in [0.15, 0.2) is 16.7 Å². The molecule has 9 heteroatoms. The summed E-state index contributed by atoms with van der Waals surface area (Å²) in [5.74, 6) is 0.975. The van der Waals surface area contributed by atoms with E-state index in [2.05, 4.69) is 20.8 Å². The highest BCUT2D eigenvalue weighted by Crippen LogP contribution is 2.23. The summed E-state index contributed by atoms with van der Waals surface area (Å²) in [4.78, 5) is 23.6. The number of aromatic nitrogens is 3. The molecule has 0 aliphatic rings. The van der Waals surface area contributed by atoms with Crippen LogP contribution in [0.3, 0.4) is 0 Å². The number of hydrogen-bond donors (Lipinski definition) is 2. The van der Waals surface area contributed by atoms with Gasteiger partial charge in [-0.3, -0.25) is 14.2 Å². The van der Waals surface area contributed by atoms with E-state index in [9.17, 15) is 9.59 Å². The van der Waals surface area contributed by atoms with Crippen LogP contribution in [0.5, 0.6) is 0 Å². The number of amides is 2. The Morgan fingerprint density at radius 1 is 1.38 bits per heavy atom. The van der Waals surface area contributed by atoms with Crippen LogP contribution in [0, 0.1) is 0 Å². The van der Waals surface area contributed by atoms with Gasteiger partial charge < -0.3 is 15.1 Å². The summed E-state index contributed by atoms with van der Waals surface area (Å²) < 4.78 is 7.23. The van der Waals surface area contributed by atoms with Crippen molar-refractivity contribution >= 4 is 23.6 Å². The maximum absolute atomic E-state index is 12.0. The fraction of sp³-hybridized carbons (Fsp3) is 0.467. The van der Waals surface area contributed by atoms with Crippen LogP contribution in [0.25, 0.3) is 11.6 Å². The highest BCUT2D eigenvalue weighted by atomic mass is 32.2. The maximum atomic E-state index is 12.0. The van der Waals surface area contributed by atoms with Gasteiger partial charge in [-0.1, -0.05) is 11.8 Å². The summed E-state index contributed by atoms with van der Waals surface area (Å²) in [6.07, 6.45) is 1.58. The van der Waals surface area contributed by atoms with Gasteiger partial charge in [0.25, 0.3) is 0 Å². The Labute approximate surface area is 144 Å². The lowest BCUT2D eigenvalue weighted by Gasteiger charge is -2.13. The predicted octanol–water partition coefficient (Wildman–Crippen LogP) is 1.29. The van der Waals surface area contributed by atoms with Crippen LogP contribution in [0.1, 0.15) is 20.8 Å². The zero-order valence-electron chi connectivity index (χ0n) is 13.9. The number of rotatable bonds is 8. The smallest absolute Gasteiger partial charge is 0.242 e. The van der Waals surface area contributed by atoms with E-state index < -0.39 is 6.04 Å². The molecule has 2 amide bonds. The molecule has 2 rings (SSSR count). The summed E-state index contributed by atoms with van der Waals surface area (Å²) in [6.45, 7) is 6.63. The van der Waals surface area contributed by atoms with Crippen LogP contribution < -0.4 is 10.6 Å². The van der Waals surface area contributed by atoms with Crippen LogP contribution >= 0.6 is 11.8 Å². The third-order valence-electron chi connectivity index (χ3n) is 3.23. The van der Waals surface area contributed by atoms with Crippen molar-refractivity contribution < 1.29 is 14.0 Å². The van der Waals surface area contributed by atoms with Crippen molar-refractivity contribution in [2.75, 3.05) is 12.3 Å². The minimum atomic E-state index is -0.569. The fourth-order valence-corrected chi connectivity index (χ4v) is 2.89. The normalized spacial score (nSPS) is 12.0. The molecule has 0 unspecified atom stereocenters. The molecule has 0 saturated carbocycles. The van der Waals surface area contributed by atoms with Gasteiger partial charge in [0.05, 0.1) is 12.0 Å². The monoisotopic (exact) mass is 351 g/mol. The predicted molar refractivity (Wildman–Crippen MR) is 90.4 cm³/mol. The van der Waals surface area contributed by atoms with Crippen molar-refractivity contribution in [2.45, 2.75) is 38.5 Å². The largest absolute Gasteiger partial charge is 0.461 e. The minimum absolute atomic E-state index is 0.153. The molecule has 130 valence electrons.